The first-order valence-electron chi connectivity index (χ1n) is 6.39. The average molecular weight is 258 g/mol. The lowest BCUT2D eigenvalue weighted by Crippen LogP contribution is -2.24. The molecule has 96 valence electrons. The van der Waals surface area contributed by atoms with Crippen molar-refractivity contribution >= 4 is 17.6 Å². The number of aromatic nitrogens is 2. The fraction of sp³-hybridized carbons (Fsp3) is 0.833. The van der Waals surface area contributed by atoms with Gasteiger partial charge in [-0.1, -0.05) is 25.4 Å². The molecule has 5 heteroatoms. The molecule has 0 aromatic carbocycles. The molecule has 1 aromatic rings. The summed E-state index contributed by atoms with van der Waals surface area (Å²) in [6, 6.07) is 1.00. The topological polar surface area (TPSA) is 51.0 Å². The monoisotopic (exact) mass is 257 g/mol. The van der Waals surface area contributed by atoms with Crippen molar-refractivity contribution in [3.05, 3.63) is 5.89 Å². The summed E-state index contributed by atoms with van der Waals surface area (Å²) in [5.41, 5.74) is 0. The normalized spacial score (nSPS) is 28.5. The van der Waals surface area contributed by atoms with E-state index < -0.39 is 0 Å². The third-order valence-corrected chi connectivity index (χ3v) is 4.02. The van der Waals surface area contributed by atoms with Crippen LogP contribution in [0.2, 0.25) is 0 Å². The third-order valence-electron chi connectivity index (χ3n) is 3.84. The molecular formula is C12H20ClN3O. The molecule has 1 aliphatic rings. The lowest BCUT2D eigenvalue weighted by Gasteiger charge is -2.19. The second kappa shape index (κ2) is 5.71. The summed E-state index contributed by atoms with van der Waals surface area (Å²) in [5.74, 6) is 2.61. The molecule has 0 radical (unpaired) electrons. The van der Waals surface area contributed by atoms with Crippen molar-refractivity contribution in [1.29, 1.82) is 0 Å². The number of hydrogen-bond acceptors (Lipinski definition) is 4. The smallest absolute Gasteiger partial charge is 0.315 e. The van der Waals surface area contributed by atoms with Gasteiger partial charge in [-0.2, -0.15) is 0 Å². The Morgan fingerprint density at radius 2 is 2.24 bits per heavy atom. The quantitative estimate of drug-likeness (QED) is 0.824. The van der Waals surface area contributed by atoms with Crippen LogP contribution in [0.3, 0.4) is 0 Å². The molecule has 4 nitrogen and oxygen atoms in total. The van der Waals surface area contributed by atoms with Crippen molar-refractivity contribution in [2.45, 2.75) is 45.6 Å². The second-order valence-corrected chi connectivity index (χ2v) is 5.17. The highest BCUT2D eigenvalue weighted by Crippen LogP contribution is 2.35. The van der Waals surface area contributed by atoms with Crippen molar-refractivity contribution in [2.24, 2.45) is 11.8 Å². The number of hydrogen-bond donors (Lipinski definition) is 1. The maximum Gasteiger partial charge on any atom is 0.315 e. The summed E-state index contributed by atoms with van der Waals surface area (Å²) in [6.45, 7) is 4.56. The minimum absolute atomic E-state index is 0.462. The molecule has 1 aromatic heterocycles. The minimum Gasteiger partial charge on any atom is -0.408 e. The van der Waals surface area contributed by atoms with Crippen LogP contribution < -0.4 is 5.32 Å². The number of alkyl halides is 1. The molecule has 0 aliphatic heterocycles. The maximum absolute atomic E-state index is 5.63. The van der Waals surface area contributed by atoms with Gasteiger partial charge in [-0.3, -0.25) is 0 Å². The number of nitrogens with one attached hydrogen (secondary N) is 1. The third kappa shape index (κ3) is 2.92. The van der Waals surface area contributed by atoms with Crippen LogP contribution in [0, 0.1) is 11.8 Å². The highest BCUT2D eigenvalue weighted by Gasteiger charge is 2.32. The Morgan fingerprint density at radius 3 is 2.88 bits per heavy atom. The molecule has 1 aliphatic carbocycles. The summed E-state index contributed by atoms with van der Waals surface area (Å²) in [7, 11) is 0. The van der Waals surface area contributed by atoms with Gasteiger partial charge in [0.15, 0.2) is 0 Å². The van der Waals surface area contributed by atoms with Crippen molar-refractivity contribution in [2.75, 3.05) is 11.2 Å². The van der Waals surface area contributed by atoms with Crippen molar-refractivity contribution in [3.8, 4) is 0 Å². The molecule has 1 fully saturated rings. The van der Waals surface area contributed by atoms with E-state index in [0.717, 1.165) is 5.92 Å². The lowest BCUT2D eigenvalue weighted by molar-refractivity contribution is 0.387. The number of anilines is 1. The van der Waals surface area contributed by atoms with E-state index in [0.29, 0.717) is 36.2 Å². The molecule has 1 N–H and O–H groups in total. The van der Waals surface area contributed by atoms with Crippen LogP contribution in [0.25, 0.3) is 0 Å². The number of aryl methyl sites for hydroxylation is 1. The summed E-state index contributed by atoms with van der Waals surface area (Å²) in [4.78, 5) is 0. The Kier molecular flexibility index (Phi) is 4.26. The van der Waals surface area contributed by atoms with Crippen molar-refractivity contribution < 1.29 is 4.42 Å². The Balaban J connectivity index is 1.92. The SMILES string of the molecule is CCC1CCC(Nc2nnc(CCCl)o2)C1C. The number of rotatable bonds is 5. The van der Waals surface area contributed by atoms with Gasteiger partial charge in [0.05, 0.1) is 0 Å². The van der Waals surface area contributed by atoms with E-state index in [1.165, 1.54) is 19.3 Å². The van der Waals surface area contributed by atoms with Gasteiger partial charge in [-0.15, -0.1) is 16.7 Å². The van der Waals surface area contributed by atoms with E-state index >= 15 is 0 Å². The van der Waals surface area contributed by atoms with Crippen molar-refractivity contribution in [1.82, 2.24) is 10.2 Å². The molecule has 0 saturated heterocycles. The van der Waals surface area contributed by atoms with Gasteiger partial charge in [-0.05, 0) is 24.7 Å². The van der Waals surface area contributed by atoms with Crippen LogP contribution >= 0.6 is 11.6 Å². The van der Waals surface area contributed by atoms with E-state index in [-0.39, 0.29) is 0 Å². The summed E-state index contributed by atoms with van der Waals surface area (Å²) in [6.07, 6.45) is 4.36. The first kappa shape index (κ1) is 12.7. The minimum atomic E-state index is 0.462. The average Bonchev–Trinajstić information content (AvgIpc) is 2.89. The zero-order valence-electron chi connectivity index (χ0n) is 10.4. The van der Waals surface area contributed by atoms with E-state index in [4.69, 9.17) is 16.0 Å². The van der Waals surface area contributed by atoms with E-state index in [1.54, 1.807) is 0 Å². The Bertz CT molecular complexity index is 355. The van der Waals surface area contributed by atoms with Crippen LogP contribution in [0.15, 0.2) is 4.42 Å². The predicted molar refractivity (Wildman–Crippen MR) is 68.3 cm³/mol. The van der Waals surface area contributed by atoms with Gasteiger partial charge >= 0.3 is 6.01 Å². The Morgan fingerprint density at radius 1 is 1.41 bits per heavy atom. The molecule has 2 rings (SSSR count). The van der Waals surface area contributed by atoms with Crippen LogP contribution in [-0.4, -0.2) is 22.1 Å². The van der Waals surface area contributed by atoms with Crippen molar-refractivity contribution in [3.63, 3.8) is 0 Å². The van der Waals surface area contributed by atoms with Crippen LogP contribution in [0.1, 0.15) is 39.0 Å². The van der Waals surface area contributed by atoms with Gasteiger partial charge in [0.2, 0.25) is 5.89 Å². The van der Waals surface area contributed by atoms with Gasteiger partial charge in [-0.25, -0.2) is 0 Å². The van der Waals surface area contributed by atoms with Gasteiger partial charge in [0.25, 0.3) is 0 Å². The van der Waals surface area contributed by atoms with Crippen LogP contribution in [-0.2, 0) is 6.42 Å². The molecular weight excluding hydrogens is 238 g/mol. The fourth-order valence-corrected chi connectivity index (χ4v) is 2.84. The molecule has 3 atom stereocenters. The van der Waals surface area contributed by atoms with Gasteiger partial charge in [0.1, 0.15) is 0 Å². The molecule has 17 heavy (non-hydrogen) atoms. The second-order valence-electron chi connectivity index (χ2n) is 4.80. The largest absolute Gasteiger partial charge is 0.408 e. The van der Waals surface area contributed by atoms with Crippen LogP contribution in [0.4, 0.5) is 6.01 Å². The van der Waals surface area contributed by atoms with E-state index in [1.807, 2.05) is 0 Å². The molecule has 0 bridgehead atoms. The predicted octanol–water partition coefficient (Wildman–Crippen LogP) is 3.09. The Labute approximate surface area is 107 Å². The Hall–Kier alpha value is -0.770. The van der Waals surface area contributed by atoms with E-state index in [2.05, 4.69) is 29.4 Å². The maximum atomic E-state index is 5.63. The first-order chi connectivity index (χ1) is 8.24. The molecule has 1 saturated carbocycles. The number of nitrogens with zero attached hydrogens (tertiary/aromatic N) is 2. The first-order valence-corrected chi connectivity index (χ1v) is 6.93. The zero-order valence-corrected chi connectivity index (χ0v) is 11.2. The standard InChI is InChI=1S/C12H20ClN3O/c1-3-9-4-5-10(8(9)2)14-12-16-15-11(17-12)6-7-13/h8-10H,3-7H2,1-2H3,(H,14,16). The van der Waals surface area contributed by atoms with Gasteiger partial charge < -0.3 is 9.73 Å². The summed E-state index contributed by atoms with van der Waals surface area (Å²) in [5, 5.41) is 11.3. The van der Waals surface area contributed by atoms with Crippen LogP contribution in [0.5, 0.6) is 0 Å². The summed E-state index contributed by atoms with van der Waals surface area (Å²) < 4.78 is 5.49. The molecule has 0 amide bonds. The fourth-order valence-electron chi connectivity index (χ4n) is 2.68. The summed E-state index contributed by atoms with van der Waals surface area (Å²) >= 11 is 5.63. The van der Waals surface area contributed by atoms with E-state index in [9.17, 15) is 0 Å². The molecule has 3 unspecified atom stereocenters. The highest BCUT2D eigenvalue weighted by atomic mass is 35.5. The number of halogens is 1. The zero-order chi connectivity index (χ0) is 12.3. The molecule has 1 heterocycles. The highest BCUT2D eigenvalue weighted by molar-refractivity contribution is 6.17. The molecule has 0 spiro atoms. The lowest BCUT2D eigenvalue weighted by atomic mass is 9.94. The van der Waals surface area contributed by atoms with Gasteiger partial charge in [0, 0.05) is 18.3 Å².